The quantitative estimate of drug-likeness (QED) is 0.617. The minimum absolute atomic E-state index is 0.0532. The van der Waals surface area contributed by atoms with Gasteiger partial charge in [-0.15, -0.1) is 0 Å². The van der Waals surface area contributed by atoms with Crippen molar-refractivity contribution in [3.05, 3.63) is 24.3 Å². The molecule has 0 unspecified atom stereocenters. The summed E-state index contributed by atoms with van der Waals surface area (Å²) in [6.07, 6.45) is 8.63. The minimum atomic E-state index is -0.256. The molecule has 0 aromatic rings. The van der Waals surface area contributed by atoms with Crippen molar-refractivity contribution in [1.29, 1.82) is 0 Å². The van der Waals surface area contributed by atoms with Crippen LogP contribution in [0.25, 0.3) is 0 Å². The average molecular weight is 185 g/mol. The number of halogens is 1. The Kier molecular flexibility index (Phi) is 2.73. The Morgan fingerprint density at radius 3 is 2.33 bits per heavy atom. The molecule has 1 aliphatic carbocycles. The van der Waals surface area contributed by atoms with Crippen molar-refractivity contribution in [2.24, 2.45) is 11.3 Å². The number of carbonyl (C=O) groups is 1. The lowest BCUT2D eigenvalue weighted by molar-refractivity contribution is -0.113. The summed E-state index contributed by atoms with van der Waals surface area (Å²) >= 11 is 5.35. The third-order valence-electron chi connectivity index (χ3n) is 2.24. The number of hydrogen-bond donors (Lipinski definition) is 0. The summed E-state index contributed by atoms with van der Waals surface area (Å²) < 4.78 is 0. The van der Waals surface area contributed by atoms with E-state index in [1.807, 2.05) is 12.2 Å². The van der Waals surface area contributed by atoms with Gasteiger partial charge in [-0.3, -0.25) is 4.79 Å². The normalized spacial score (nSPS) is 17.2. The highest BCUT2D eigenvalue weighted by atomic mass is 35.5. The van der Waals surface area contributed by atoms with Crippen LogP contribution in [0.4, 0.5) is 0 Å². The van der Waals surface area contributed by atoms with Crippen LogP contribution in [0.3, 0.4) is 0 Å². The summed E-state index contributed by atoms with van der Waals surface area (Å²) in [6.45, 7) is 4.11. The molecule has 0 aromatic carbocycles. The summed E-state index contributed by atoms with van der Waals surface area (Å²) in [5.41, 5.74) is -0.0532. The molecule has 0 saturated heterocycles. The van der Waals surface area contributed by atoms with Crippen LogP contribution in [0.1, 0.15) is 20.3 Å². The molecule has 0 atom stereocenters. The second-order valence-corrected chi connectivity index (χ2v) is 4.24. The Morgan fingerprint density at radius 2 is 1.92 bits per heavy atom. The molecule has 0 fully saturated rings. The predicted octanol–water partition coefficient (Wildman–Crippen LogP) is 2.91. The van der Waals surface area contributed by atoms with Gasteiger partial charge in [0.1, 0.15) is 0 Å². The standard InChI is InChI=1S/C10H13ClO/c1-10(2,7-9(11)12)8-5-3-4-6-8/h3-6,8H,7H2,1-2H3. The fourth-order valence-electron chi connectivity index (χ4n) is 1.43. The van der Waals surface area contributed by atoms with Gasteiger partial charge >= 0.3 is 0 Å². The highest BCUT2D eigenvalue weighted by Crippen LogP contribution is 2.35. The van der Waals surface area contributed by atoms with Gasteiger partial charge in [0.05, 0.1) is 0 Å². The van der Waals surface area contributed by atoms with E-state index in [2.05, 4.69) is 26.0 Å². The summed E-state index contributed by atoms with van der Waals surface area (Å²) in [6, 6.07) is 0. The Balaban J connectivity index is 2.64. The van der Waals surface area contributed by atoms with Crippen LogP contribution in [0.5, 0.6) is 0 Å². The largest absolute Gasteiger partial charge is 0.281 e. The van der Waals surface area contributed by atoms with Crippen LogP contribution in [0, 0.1) is 11.3 Å². The van der Waals surface area contributed by atoms with Gasteiger partial charge in [0, 0.05) is 12.3 Å². The van der Waals surface area contributed by atoms with Crippen molar-refractivity contribution in [1.82, 2.24) is 0 Å². The lowest BCUT2D eigenvalue weighted by atomic mass is 9.77. The molecule has 0 bridgehead atoms. The first kappa shape index (κ1) is 9.53. The maximum Gasteiger partial charge on any atom is 0.222 e. The Labute approximate surface area is 78.1 Å². The zero-order valence-electron chi connectivity index (χ0n) is 7.38. The molecule has 0 N–H and O–H groups in total. The van der Waals surface area contributed by atoms with Gasteiger partial charge in [-0.05, 0) is 17.0 Å². The van der Waals surface area contributed by atoms with E-state index in [-0.39, 0.29) is 10.7 Å². The SMILES string of the molecule is CC(C)(CC(=O)Cl)C1C=CC=C1. The first-order valence-corrected chi connectivity index (χ1v) is 4.43. The van der Waals surface area contributed by atoms with Crippen molar-refractivity contribution in [3.63, 3.8) is 0 Å². The molecular formula is C10H13ClO. The second-order valence-electron chi connectivity index (χ2n) is 3.82. The van der Waals surface area contributed by atoms with Crippen molar-refractivity contribution in [3.8, 4) is 0 Å². The molecule has 0 amide bonds. The Hall–Kier alpha value is -0.560. The van der Waals surface area contributed by atoms with Crippen molar-refractivity contribution >= 4 is 16.8 Å². The smallest absolute Gasteiger partial charge is 0.222 e. The highest BCUT2D eigenvalue weighted by Gasteiger charge is 2.28. The lowest BCUT2D eigenvalue weighted by Gasteiger charge is -2.27. The maximum absolute atomic E-state index is 10.7. The van der Waals surface area contributed by atoms with Crippen molar-refractivity contribution < 1.29 is 4.79 Å². The monoisotopic (exact) mass is 184 g/mol. The van der Waals surface area contributed by atoms with E-state index in [1.54, 1.807) is 0 Å². The molecule has 0 radical (unpaired) electrons. The summed E-state index contributed by atoms with van der Waals surface area (Å²) in [4.78, 5) is 10.7. The van der Waals surface area contributed by atoms with Crippen LogP contribution in [-0.2, 0) is 4.79 Å². The third kappa shape index (κ3) is 2.21. The van der Waals surface area contributed by atoms with Gasteiger partial charge < -0.3 is 0 Å². The number of rotatable bonds is 3. The van der Waals surface area contributed by atoms with Gasteiger partial charge in [-0.2, -0.15) is 0 Å². The molecule has 12 heavy (non-hydrogen) atoms. The van der Waals surface area contributed by atoms with Crippen molar-refractivity contribution in [2.45, 2.75) is 20.3 Å². The van der Waals surface area contributed by atoms with E-state index >= 15 is 0 Å². The van der Waals surface area contributed by atoms with E-state index < -0.39 is 0 Å². The minimum Gasteiger partial charge on any atom is -0.281 e. The van der Waals surface area contributed by atoms with E-state index in [4.69, 9.17) is 11.6 Å². The molecule has 1 aliphatic rings. The van der Waals surface area contributed by atoms with Gasteiger partial charge in [-0.25, -0.2) is 0 Å². The number of hydrogen-bond acceptors (Lipinski definition) is 1. The van der Waals surface area contributed by atoms with E-state index in [9.17, 15) is 4.79 Å². The maximum atomic E-state index is 10.7. The molecule has 2 heteroatoms. The van der Waals surface area contributed by atoms with Gasteiger partial charge in [0.15, 0.2) is 0 Å². The van der Waals surface area contributed by atoms with Crippen LogP contribution in [0.2, 0.25) is 0 Å². The topological polar surface area (TPSA) is 17.1 Å². The molecule has 0 aromatic heterocycles. The summed E-state index contributed by atoms with van der Waals surface area (Å²) in [5, 5.41) is -0.256. The summed E-state index contributed by atoms with van der Waals surface area (Å²) in [5.74, 6) is 0.347. The number of carbonyl (C=O) groups excluding carboxylic acids is 1. The molecule has 1 rings (SSSR count). The van der Waals surface area contributed by atoms with E-state index in [1.165, 1.54) is 0 Å². The molecule has 0 heterocycles. The fourth-order valence-corrected chi connectivity index (χ4v) is 1.77. The highest BCUT2D eigenvalue weighted by molar-refractivity contribution is 6.63. The molecule has 0 spiro atoms. The van der Waals surface area contributed by atoms with E-state index in [0.717, 1.165) is 0 Å². The molecule has 66 valence electrons. The lowest BCUT2D eigenvalue weighted by Crippen LogP contribution is -2.22. The number of allylic oxidation sites excluding steroid dienone is 4. The first-order valence-electron chi connectivity index (χ1n) is 4.06. The molecular weight excluding hydrogens is 172 g/mol. The van der Waals surface area contributed by atoms with Crippen LogP contribution in [0.15, 0.2) is 24.3 Å². The van der Waals surface area contributed by atoms with Crippen LogP contribution >= 0.6 is 11.6 Å². The Bertz CT molecular complexity index is 226. The molecule has 1 nitrogen and oxygen atoms in total. The zero-order chi connectivity index (χ0) is 9.19. The summed E-state index contributed by atoms with van der Waals surface area (Å²) in [7, 11) is 0. The third-order valence-corrected chi connectivity index (χ3v) is 2.38. The van der Waals surface area contributed by atoms with Crippen LogP contribution < -0.4 is 0 Å². The fraction of sp³-hybridized carbons (Fsp3) is 0.500. The Morgan fingerprint density at radius 1 is 1.42 bits per heavy atom. The van der Waals surface area contributed by atoms with Gasteiger partial charge in [0.2, 0.25) is 5.24 Å². The van der Waals surface area contributed by atoms with E-state index in [0.29, 0.717) is 12.3 Å². The molecule has 0 aliphatic heterocycles. The van der Waals surface area contributed by atoms with Gasteiger partial charge in [0.25, 0.3) is 0 Å². The predicted molar refractivity (Wildman–Crippen MR) is 51.0 cm³/mol. The second kappa shape index (κ2) is 3.44. The zero-order valence-corrected chi connectivity index (χ0v) is 8.14. The average Bonchev–Trinajstić information content (AvgIpc) is 2.32. The van der Waals surface area contributed by atoms with Crippen molar-refractivity contribution in [2.75, 3.05) is 0 Å². The van der Waals surface area contributed by atoms with Crippen LogP contribution in [-0.4, -0.2) is 5.24 Å². The molecule has 0 saturated carbocycles. The van der Waals surface area contributed by atoms with Gasteiger partial charge in [-0.1, -0.05) is 38.2 Å². The first-order chi connectivity index (χ1) is 5.52.